The van der Waals surface area contributed by atoms with E-state index in [1.165, 1.54) is 0 Å². The monoisotopic (exact) mass is 374 g/mol. The Balaban J connectivity index is 1.64. The Kier molecular flexibility index (Phi) is 5.32. The molecule has 3 rings (SSSR count). The van der Waals surface area contributed by atoms with E-state index < -0.39 is 0 Å². The number of nitrogens with one attached hydrogen (secondary N) is 1. The predicted molar refractivity (Wildman–Crippen MR) is 100 cm³/mol. The number of nitriles is 1. The van der Waals surface area contributed by atoms with E-state index in [-0.39, 0.29) is 6.03 Å². The molecule has 2 aromatic rings. The maximum Gasteiger partial charge on any atom is 0.322 e. The van der Waals surface area contributed by atoms with E-state index in [0.29, 0.717) is 47.5 Å². The lowest BCUT2D eigenvalue weighted by Gasteiger charge is -2.36. The van der Waals surface area contributed by atoms with Crippen LogP contribution in [0.1, 0.15) is 5.56 Å². The standard InChI is InChI=1S/C18H16Cl2N4O/c19-14-5-3-6-15(20)17(14)23-8-10-24(11-9-23)18(25)22-16-7-2-1-4-13(16)12-21/h1-7H,8-11H2,(H,22,25). The summed E-state index contributed by atoms with van der Waals surface area (Å²) in [4.78, 5) is 16.2. The molecule has 1 fully saturated rings. The van der Waals surface area contributed by atoms with Crippen LogP contribution in [-0.4, -0.2) is 37.1 Å². The number of benzene rings is 2. The van der Waals surface area contributed by atoms with Crippen molar-refractivity contribution in [1.82, 2.24) is 4.90 Å². The number of anilines is 2. The Morgan fingerprint density at radius 1 is 1.00 bits per heavy atom. The topological polar surface area (TPSA) is 59.4 Å². The minimum absolute atomic E-state index is 0.215. The first kappa shape index (κ1) is 17.4. The molecule has 1 heterocycles. The van der Waals surface area contributed by atoms with Crippen LogP contribution in [0.15, 0.2) is 42.5 Å². The van der Waals surface area contributed by atoms with Crippen molar-refractivity contribution in [2.75, 3.05) is 36.4 Å². The second kappa shape index (κ2) is 7.64. The summed E-state index contributed by atoms with van der Waals surface area (Å²) >= 11 is 12.5. The summed E-state index contributed by atoms with van der Waals surface area (Å²) in [6.45, 7) is 2.36. The third-order valence-electron chi connectivity index (χ3n) is 4.11. The minimum atomic E-state index is -0.215. The van der Waals surface area contributed by atoms with Crippen LogP contribution >= 0.6 is 23.2 Å². The Labute approximate surface area is 156 Å². The van der Waals surface area contributed by atoms with Crippen LogP contribution in [0.3, 0.4) is 0 Å². The summed E-state index contributed by atoms with van der Waals surface area (Å²) in [6, 6.07) is 14.2. The van der Waals surface area contributed by atoms with E-state index in [0.717, 1.165) is 5.69 Å². The Morgan fingerprint density at radius 3 is 2.28 bits per heavy atom. The summed E-state index contributed by atoms with van der Waals surface area (Å²) < 4.78 is 0. The summed E-state index contributed by atoms with van der Waals surface area (Å²) in [6.07, 6.45) is 0. The molecule has 0 saturated carbocycles. The van der Waals surface area contributed by atoms with Gasteiger partial charge in [0.05, 0.1) is 27.0 Å². The fraction of sp³-hybridized carbons (Fsp3) is 0.222. The predicted octanol–water partition coefficient (Wildman–Crippen LogP) is 4.22. The number of halogens is 2. The van der Waals surface area contributed by atoms with Gasteiger partial charge in [0.25, 0.3) is 0 Å². The molecule has 1 N–H and O–H groups in total. The average Bonchev–Trinajstić information content (AvgIpc) is 2.62. The van der Waals surface area contributed by atoms with E-state index in [1.807, 2.05) is 6.07 Å². The van der Waals surface area contributed by atoms with Crippen molar-refractivity contribution < 1.29 is 4.79 Å². The molecular weight excluding hydrogens is 359 g/mol. The molecule has 1 aliphatic heterocycles. The SMILES string of the molecule is N#Cc1ccccc1NC(=O)N1CCN(c2c(Cl)cccc2Cl)CC1. The lowest BCUT2D eigenvalue weighted by molar-refractivity contribution is 0.208. The maximum absolute atomic E-state index is 12.4. The number of urea groups is 1. The van der Waals surface area contributed by atoms with Gasteiger partial charge in [-0.25, -0.2) is 4.79 Å². The highest BCUT2D eigenvalue weighted by Crippen LogP contribution is 2.34. The first-order chi connectivity index (χ1) is 12.1. The molecule has 25 heavy (non-hydrogen) atoms. The molecule has 0 spiro atoms. The lowest BCUT2D eigenvalue weighted by atomic mass is 10.2. The van der Waals surface area contributed by atoms with Gasteiger partial charge < -0.3 is 15.1 Å². The molecule has 128 valence electrons. The molecule has 1 saturated heterocycles. The molecule has 2 amide bonds. The smallest absolute Gasteiger partial charge is 0.322 e. The summed E-state index contributed by atoms with van der Waals surface area (Å²) in [5, 5.41) is 13.1. The molecule has 0 aromatic heterocycles. The van der Waals surface area contributed by atoms with E-state index in [2.05, 4.69) is 16.3 Å². The van der Waals surface area contributed by atoms with Crippen LogP contribution in [0.2, 0.25) is 10.0 Å². The van der Waals surface area contributed by atoms with Gasteiger partial charge >= 0.3 is 6.03 Å². The molecule has 0 unspecified atom stereocenters. The van der Waals surface area contributed by atoms with Gasteiger partial charge in [-0.1, -0.05) is 41.4 Å². The van der Waals surface area contributed by atoms with Crippen LogP contribution in [0.25, 0.3) is 0 Å². The fourth-order valence-electron chi connectivity index (χ4n) is 2.81. The van der Waals surface area contributed by atoms with Gasteiger partial charge in [0.1, 0.15) is 6.07 Å². The number of para-hydroxylation sites is 2. The number of piperazine rings is 1. The highest BCUT2D eigenvalue weighted by atomic mass is 35.5. The van der Waals surface area contributed by atoms with Crippen molar-refractivity contribution in [2.45, 2.75) is 0 Å². The van der Waals surface area contributed by atoms with Crippen molar-refractivity contribution in [2.24, 2.45) is 0 Å². The van der Waals surface area contributed by atoms with Crippen molar-refractivity contribution in [3.05, 3.63) is 58.1 Å². The van der Waals surface area contributed by atoms with Gasteiger partial charge in [0.15, 0.2) is 0 Å². The molecule has 5 nitrogen and oxygen atoms in total. The zero-order chi connectivity index (χ0) is 17.8. The van der Waals surface area contributed by atoms with Gasteiger partial charge in [-0.05, 0) is 24.3 Å². The second-order valence-corrected chi connectivity index (χ2v) is 6.45. The second-order valence-electron chi connectivity index (χ2n) is 5.63. The summed E-state index contributed by atoms with van der Waals surface area (Å²) in [5.74, 6) is 0. The summed E-state index contributed by atoms with van der Waals surface area (Å²) in [5.41, 5.74) is 1.77. The first-order valence-electron chi connectivity index (χ1n) is 7.84. The highest BCUT2D eigenvalue weighted by Gasteiger charge is 2.24. The summed E-state index contributed by atoms with van der Waals surface area (Å²) in [7, 11) is 0. The molecule has 0 radical (unpaired) electrons. The number of carbonyl (C=O) groups excluding carboxylic acids is 1. The molecule has 0 aliphatic carbocycles. The van der Waals surface area contributed by atoms with E-state index in [4.69, 9.17) is 28.5 Å². The Hall–Kier alpha value is -2.42. The van der Waals surface area contributed by atoms with Crippen LogP contribution in [-0.2, 0) is 0 Å². The third kappa shape index (κ3) is 3.81. The van der Waals surface area contributed by atoms with E-state index >= 15 is 0 Å². The highest BCUT2D eigenvalue weighted by molar-refractivity contribution is 6.39. The van der Waals surface area contributed by atoms with Gasteiger partial charge in [0.2, 0.25) is 0 Å². The molecule has 1 aliphatic rings. The van der Waals surface area contributed by atoms with Crippen molar-refractivity contribution in [1.29, 1.82) is 5.26 Å². The van der Waals surface area contributed by atoms with Gasteiger partial charge in [-0.15, -0.1) is 0 Å². The quantitative estimate of drug-likeness (QED) is 0.855. The minimum Gasteiger partial charge on any atom is -0.366 e. The van der Waals surface area contributed by atoms with Crippen LogP contribution < -0.4 is 10.2 Å². The molecule has 2 aromatic carbocycles. The van der Waals surface area contributed by atoms with Gasteiger partial charge in [-0.3, -0.25) is 0 Å². The Bertz CT molecular complexity index is 806. The van der Waals surface area contributed by atoms with Crippen LogP contribution in [0, 0.1) is 11.3 Å². The van der Waals surface area contributed by atoms with Crippen molar-refractivity contribution in [3.63, 3.8) is 0 Å². The van der Waals surface area contributed by atoms with Gasteiger partial charge in [0, 0.05) is 26.2 Å². The molecule has 7 heteroatoms. The number of carbonyl (C=O) groups is 1. The van der Waals surface area contributed by atoms with Crippen LogP contribution in [0.5, 0.6) is 0 Å². The number of hydrogen-bond donors (Lipinski definition) is 1. The Morgan fingerprint density at radius 2 is 1.64 bits per heavy atom. The van der Waals surface area contributed by atoms with E-state index in [1.54, 1.807) is 41.3 Å². The van der Waals surface area contributed by atoms with E-state index in [9.17, 15) is 4.79 Å². The zero-order valence-corrected chi connectivity index (χ0v) is 14.9. The molecular formula is C18H16Cl2N4O. The van der Waals surface area contributed by atoms with Crippen molar-refractivity contribution >= 4 is 40.6 Å². The lowest BCUT2D eigenvalue weighted by Crippen LogP contribution is -2.50. The van der Waals surface area contributed by atoms with Crippen molar-refractivity contribution in [3.8, 4) is 6.07 Å². The largest absolute Gasteiger partial charge is 0.366 e. The number of amides is 2. The maximum atomic E-state index is 12.4. The van der Waals surface area contributed by atoms with Crippen LogP contribution in [0.4, 0.5) is 16.2 Å². The zero-order valence-electron chi connectivity index (χ0n) is 13.4. The first-order valence-corrected chi connectivity index (χ1v) is 8.60. The molecule has 0 atom stereocenters. The number of nitrogens with zero attached hydrogens (tertiary/aromatic N) is 3. The average molecular weight is 375 g/mol. The molecule has 0 bridgehead atoms. The normalized spacial score (nSPS) is 14.1. The van der Waals surface area contributed by atoms with Gasteiger partial charge in [-0.2, -0.15) is 5.26 Å². The number of hydrogen-bond acceptors (Lipinski definition) is 3. The number of rotatable bonds is 2. The fourth-order valence-corrected chi connectivity index (χ4v) is 3.44. The third-order valence-corrected chi connectivity index (χ3v) is 4.72.